The van der Waals surface area contributed by atoms with Crippen LogP contribution in [0, 0.1) is 0 Å². The van der Waals surface area contributed by atoms with Crippen LogP contribution < -0.4 is 4.90 Å². The number of ether oxygens (including phenoxy) is 1. The zero-order valence-electron chi connectivity index (χ0n) is 12.7. The first kappa shape index (κ1) is 15.3. The number of carbonyl (C=O) groups excluding carboxylic acids is 1. The Morgan fingerprint density at radius 1 is 1.40 bits per heavy atom. The molecule has 1 saturated heterocycles. The number of rotatable bonds is 4. The lowest BCUT2D eigenvalue weighted by Gasteiger charge is -2.32. The number of likely N-dealkylation sites (N-methyl/N-ethyl adjacent to an activating group) is 1. The van der Waals surface area contributed by atoms with Gasteiger partial charge in [0.25, 0.3) is 0 Å². The molecule has 0 spiro atoms. The maximum Gasteiger partial charge on any atom is 0.317 e. The fourth-order valence-corrected chi connectivity index (χ4v) is 3.16. The molecule has 0 amide bonds. The van der Waals surface area contributed by atoms with Crippen molar-refractivity contribution >= 4 is 22.4 Å². The Balaban J connectivity index is 2.10. The average Bonchev–Trinajstić information content (AvgIpc) is 2.90. The summed E-state index contributed by atoms with van der Waals surface area (Å²) in [6.45, 7) is 10.0. The monoisotopic (exact) mass is 297 g/mol. The molecule has 1 aliphatic heterocycles. The van der Waals surface area contributed by atoms with Gasteiger partial charge in [0.2, 0.25) is 0 Å². The van der Waals surface area contributed by atoms with Crippen molar-refractivity contribution in [2.45, 2.75) is 26.2 Å². The van der Waals surface area contributed by atoms with E-state index >= 15 is 0 Å². The van der Waals surface area contributed by atoms with Crippen molar-refractivity contribution in [3.05, 3.63) is 11.1 Å². The second-order valence-corrected chi connectivity index (χ2v) is 6.49. The summed E-state index contributed by atoms with van der Waals surface area (Å²) in [5, 5.41) is 2.98. The topological polar surface area (TPSA) is 45.7 Å². The average molecular weight is 297 g/mol. The molecule has 0 aliphatic carbocycles. The van der Waals surface area contributed by atoms with Crippen molar-refractivity contribution in [2.24, 2.45) is 0 Å². The number of aromatic nitrogens is 1. The Kier molecular flexibility index (Phi) is 4.65. The van der Waals surface area contributed by atoms with Gasteiger partial charge in [-0.2, -0.15) is 0 Å². The number of thiazole rings is 1. The highest BCUT2D eigenvalue weighted by atomic mass is 32.1. The number of nitrogens with zero attached hydrogens (tertiary/aromatic N) is 3. The van der Waals surface area contributed by atoms with Gasteiger partial charge in [-0.25, -0.2) is 4.98 Å². The van der Waals surface area contributed by atoms with E-state index in [0.29, 0.717) is 6.61 Å². The highest BCUT2D eigenvalue weighted by Gasteiger charge is 2.34. The third-order valence-corrected chi connectivity index (χ3v) is 4.59. The number of anilines is 1. The molecule has 0 N–H and O–H groups in total. The molecule has 1 aliphatic rings. The molecule has 112 valence electrons. The van der Waals surface area contributed by atoms with E-state index in [2.05, 4.69) is 21.8 Å². The fraction of sp³-hybridized carbons (Fsp3) is 0.714. The van der Waals surface area contributed by atoms with E-state index in [1.807, 2.05) is 26.2 Å². The first-order valence-electron chi connectivity index (χ1n) is 7.02. The third kappa shape index (κ3) is 3.12. The molecule has 1 aromatic rings. The molecule has 5 nitrogen and oxygen atoms in total. The second kappa shape index (κ2) is 6.10. The van der Waals surface area contributed by atoms with E-state index in [0.717, 1.165) is 37.0 Å². The fourth-order valence-electron chi connectivity index (χ4n) is 2.11. The van der Waals surface area contributed by atoms with E-state index in [-0.39, 0.29) is 5.97 Å². The molecule has 2 rings (SSSR count). The molecule has 1 aromatic heterocycles. The Morgan fingerprint density at radius 2 is 2.05 bits per heavy atom. The molecule has 2 heterocycles. The van der Waals surface area contributed by atoms with Crippen LogP contribution in [-0.2, 0) is 14.9 Å². The van der Waals surface area contributed by atoms with Gasteiger partial charge in [0.05, 0.1) is 12.3 Å². The Bertz CT molecular complexity index is 465. The van der Waals surface area contributed by atoms with Gasteiger partial charge in [-0.3, -0.25) is 4.79 Å². The lowest BCUT2D eigenvalue weighted by molar-refractivity contribution is -0.148. The number of hydrogen-bond donors (Lipinski definition) is 0. The van der Waals surface area contributed by atoms with E-state index < -0.39 is 5.41 Å². The van der Waals surface area contributed by atoms with Crippen LogP contribution in [0.2, 0.25) is 0 Å². The molecule has 0 unspecified atom stereocenters. The highest BCUT2D eigenvalue weighted by molar-refractivity contribution is 7.13. The molecule has 0 saturated carbocycles. The summed E-state index contributed by atoms with van der Waals surface area (Å²) in [5.41, 5.74) is 0.118. The third-order valence-electron chi connectivity index (χ3n) is 3.69. The first-order chi connectivity index (χ1) is 9.45. The Labute approximate surface area is 124 Å². The largest absolute Gasteiger partial charge is 0.465 e. The van der Waals surface area contributed by atoms with Crippen LogP contribution in [0.4, 0.5) is 5.13 Å². The quantitative estimate of drug-likeness (QED) is 0.792. The van der Waals surface area contributed by atoms with E-state index in [9.17, 15) is 4.79 Å². The van der Waals surface area contributed by atoms with E-state index in [4.69, 9.17) is 4.74 Å². The van der Waals surface area contributed by atoms with Crippen LogP contribution in [0.3, 0.4) is 0 Å². The molecule has 6 heteroatoms. The maximum absolute atomic E-state index is 12.0. The zero-order chi connectivity index (χ0) is 14.8. The minimum Gasteiger partial charge on any atom is -0.465 e. The Hall–Kier alpha value is -1.14. The van der Waals surface area contributed by atoms with Crippen molar-refractivity contribution in [1.82, 2.24) is 9.88 Å². The standard InChI is InChI=1S/C14H23N3O2S/c1-5-19-12(18)14(2,3)11-10-20-13(15-11)17-8-6-16(4)7-9-17/h10H,5-9H2,1-4H3. The van der Waals surface area contributed by atoms with Crippen molar-refractivity contribution in [3.8, 4) is 0 Å². The van der Waals surface area contributed by atoms with Crippen LogP contribution in [0.15, 0.2) is 5.38 Å². The van der Waals surface area contributed by atoms with Gasteiger partial charge in [0.15, 0.2) is 5.13 Å². The normalized spacial score (nSPS) is 17.3. The zero-order valence-corrected chi connectivity index (χ0v) is 13.5. The number of esters is 1. The van der Waals surface area contributed by atoms with Crippen molar-refractivity contribution in [3.63, 3.8) is 0 Å². The summed E-state index contributed by atoms with van der Waals surface area (Å²) in [5.74, 6) is -0.213. The summed E-state index contributed by atoms with van der Waals surface area (Å²) in [7, 11) is 2.13. The van der Waals surface area contributed by atoms with Gasteiger partial charge in [-0.05, 0) is 27.8 Å². The van der Waals surface area contributed by atoms with Crippen LogP contribution in [0.25, 0.3) is 0 Å². The number of carbonyl (C=O) groups is 1. The van der Waals surface area contributed by atoms with Gasteiger partial charge >= 0.3 is 5.97 Å². The molecular weight excluding hydrogens is 274 g/mol. The van der Waals surface area contributed by atoms with Gasteiger partial charge in [0.1, 0.15) is 5.41 Å². The number of hydrogen-bond acceptors (Lipinski definition) is 6. The van der Waals surface area contributed by atoms with Crippen molar-refractivity contribution in [1.29, 1.82) is 0 Å². The SMILES string of the molecule is CCOC(=O)C(C)(C)c1csc(N2CCN(C)CC2)n1. The van der Waals surface area contributed by atoms with Gasteiger partial charge in [0, 0.05) is 31.6 Å². The molecular formula is C14H23N3O2S. The van der Waals surface area contributed by atoms with Gasteiger partial charge in [-0.15, -0.1) is 11.3 Å². The summed E-state index contributed by atoms with van der Waals surface area (Å²) in [6, 6.07) is 0. The number of piperazine rings is 1. The maximum atomic E-state index is 12.0. The molecule has 20 heavy (non-hydrogen) atoms. The lowest BCUT2D eigenvalue weighted by Crippen LogP contribution is -2.44. The minimum atomic E-state index is -0.683. The van der Waals surface area contributed by atoms with Crippen molar-refractivity contribution in [2.75, 3.05) is 44.7 Å². The van der Waals surface area contributed by atoms with Crippen LogP contribution in [0.5, 0.6) is 0 Å². The first-order valence-corrected chi connectivity index (χ1v) is 7.90. The highest BCUT2D eigenvalue weighted by Crippen LogP contribution is 2.30. The predicted molar refractivity (Wildman–Crippen MR) is 81.5 cm³/mol. The van der Waals surface area contributed by atoms with Crippen molar-refractivity contribution < 1.29 is 9.53 Å². The summed E-state index contributed by atoms with van der Waals surface area (Å²) in [4.78, 5) is 21.3. The van der Waals surface area contributed by atoms with E-state index in [1.54, 1.807) is 11.3 Å². The smallest absolute Gasteiger partial charge is 0.317 e. The molecule has 0 radical (unpaired) electrons. The Morgan fingerprint density at radius 3 is 2.65 bits per heavy atom. The van der Waals surface area contributed by atoms with Gasteiger partial charge < -0.3 is 14.5 Å². The van der Waals surface area contributed by atoms with Crippen LogP contribution in [-0.4, -0.2) is 55.7 Å². The lowest BCUT2D eigenvalue weighted by atomic mass is 9.90. The van der Waals surface area contributed by atoms with E-state index in [1.165, 1.54) is 0 Å². The van der Waals surface area contributed by atoms with Crippen LogP contribution in [0.1, 0.15) is 26.5 Å². The molecule has 0 atom stereocenters. The summed E-state index contributed by atoms with van der Waals surface area (Å²) in [6.07, 6.45) is 0. The molecule has 0 aromatic carbocycles. The van der Waals surface area contributed by atoms with Crippen LogP contribution >= 0.6 is 11.3 Å². The minimum absolute atomic E-state index is 0.213. The molecule has 1 fully saturated rings. The van der Waals surface area contributed by atoms with Gasteiger partial charge in [-0.1, -0.05) is 0 Å². The summed E-state index contributed by atoms with van der Waals surface area (Å²) >= 11 is 1.61. The summed E-state index contributed by atoms with van der Waals surface area (Å²) < 4.78 is 5.14. The second-order valence-electron chi connectivity index (χ2n) is 5.65. The molecule has 0 bridgehead atoms. The predicted octanol–water partition coefficient (Wildman–Crippen LogP) is 1.74.